The number of aromatic nitrogens is 6. The van der Waals surface area contributed by atoms with E-state index < -0.39 is 0 Å². The second-order valence-corrected chi connectivity index (χ2v) is 8.07. The van der Waals surface area contributed by atoms with Crippen molar-refractivity contribution in [1.29, 1.82) is 0 Å². The maximum absolute atomic E-state index is 6.35. The smallest absolute Gasteiger partial charge is 0.223 e. The van der Waals surface area contributed by atoms with Gasteiger partial charge in [-0.3, -0.25) is 4.68 Å². The molecule has 0 amide bonds. The first-order valence-corrected chi connectivity index (χ1v) is 11.0. The maximum atomic E-state index is 6.35. The highest BCUT2D eigenvalue weighted by atomic mass is 35.5. The van der Waals surface area contributed by atoms with E-state index in [1.807, 2.05) is 18.3 Å². The number of anilines is 1. The van der Waals surface area contributed by atoms with E-state index in [1.54, 1.807) is 12.4 Å². The Morgan fingerprint density at radius 3 is 3.00 bits per heavy atom. The lowest BCUT2D eigenvalue weighted by atomic mass is 10.1. The Kier molecular flexibility index (Phi) is 5.57. The summed E-state index contributed by atoms with van der Waals surface area (Å²) in [6.07, 6.45) is 10.3. The zero-order valence-corrected chi connectivity index (χ0v) is 18.1. The molecule has 0 spiro atoms. The third-order valence-corrected chi connectivity index (χ3v) is 5.83. The van der Waals surface area contributed by atoms with Crippen LogP contribution < -0.4 is 5.32 Å². The molecule has 1 aliphatic rings. The van der Waals surface area contributed by atoms with Crippen molar-refractivity contribution < 1.29 is 4.74 Å². The third kappa shape index (κ3) is 4.00. The number of ether oxygens (including phenoxy) is 1. The van der Waals surface area contributed by atoms with Gasteiger partial charge in [-0.25, -0.2) is 15.0 Å². The average Bonchev–Trinajstić information content (AvgIpc) is 3.43. The van der Waals surface area contributed by atoms with E-state index in [-0.39, 0.29) is 0 Å². The Bertz CT molecular complexity index is 1200. The molecule has 31 heavy (non-hydrogen) atoms. The quantitative estimate of drug-likeness (QED) is 0.453. The van der Waals surface area contributed by atoms with Gasteiger partial charge in [-0.2, -0.15) is 5.10 Å². The number of nitrogens with zero attached hydrogens (tertiary/aromatic N) is 5. The highest BCUT2D eigenvalue weighted by Gasteiger charge is 2.22. The first kappa shape index (κ1) is 20.0. The van der Waals surface area contributed by atoms with E-state index in [1.165, 1.54) is 0 Å². The number of halogens is 1. The molecule has 8 nitrogen and oxygen atoms in total. The van der Waals surface area contributed by atoms with Gasteiger partial charge in [-0.1, -0.05) is 18.5 Å². The maximum Gasteiger partial charge on any atom is 0.223 e. The predicted octanol–water partition coefficient (Wildman–Crippen LogP) is 4.71. The van der Waals surface area contributed by atoms with Gasteiger partial charge in [-0.15, -0.1) is 0 Å². The number of H-pyrrole nitrogens is 1. The van der Waals surface area contributed by atoms with Crippen LogP contribution in [-0.4, -0.2) is 49.5 Å². The summed E-state index contributed by atoms with van der Waals surface area (Å²) in [5.41, 5.74) is 4.26. The molecule has 9 heteroatoms. The van der Waals surface area contributed by atoms with E-state index in [9.17, 15) is 0 Å². The van der Waals surface area contributed by atoms with Gasteiger partial charge < -0.3 is 15.0 Å². The normalized spacial score (nSPS) is 14.9. The van der Waals surface area contributed by atoms with Crippen molar-refractivity contribution in [3.05, 3.63) is 41.9 Å². The fraction of sp³-hybridized carbons (Fsp3) is 0.364. The molecule has 2 N–H and O–H groups in total. The SMILES string of the molecule is CCCNc1nccc(-c2cn(C3CCOCC3)nc2-c2cnc3[nH]cc(Cl)c3c2)n1. The molecule has 0 radical (unpaired) electrons. The van der Waals surface area contributed by atoms with Crippen LogP contribution in [0.2, 0.25) is 5.02 Å². The average molecular weight is 438 g/mol. The number of rotatable bonds is 6. The van der Waals surface area contributed by atoms with Crippen molar-refractivity contribution in [3.63, 3.8) is 0 Å². The minimum absolute atomic E-state index is 0.299. The molecule has 4 aromatic rings. The van der Waals surface area contributed by atoms with Crippen LogP contribution in [0.1, 0.15) is 32.2 Å². The van der Waals surface area contributed by atoms with Crippen LogP contribution in [0.3, 0.4) is 0 Å². The first-order chi connectivity index (χ1) is 15.2. The topological polar surface area (TPSA) is 93.5 Å². The third-order valence-electron chi connectivity index (χ3n) is 5.52. The number of pyridine rings is 1. The van der Waals surface area contributed by atoms with Gasteiger partial charge in [0.2, 0.25) is 5.95 Å². The van der Waals surface area contributed by atoms with Crippen LogP contribution >= 0.6 is 11.6 Å². The standard InChI is InChI=1S/C22H24ClN7O/c1-2-6-24-22-25-7-3-19(28-22)17-13-30(15-4-8-31-9-5-15)29-20(17)14-10-16-18(23)12-27-21(16)26-11-14/h3,7,10-13,15H,2,4-6,8-9H2,1H3,(H,26,27)(H,24,25,28). The lowest BCUT2D eigenvalue weighted by molar-refractivity contribution is 0.0663. The minimum Gasteiger partial charge on any atom is -0.381 e. The summed E-state index contributed by atoms with van der Waals surface area (Å²) in [6.45, 7) is 4.44. The molecule has 5 heterocycles. The van der Waals surface area contributed by atoms with Crippen LogP contribution in [0.5, 0.6) is 0 Å². The van der Waals surface area contributed by atoms with Gasteiger partial charge in [0.1, 0.15) is 11.3 Å². The van der Waals surface area contributed by atoms with Gasteiger partial charge in [0.05, 0.1) is 16.8 Å². The first-order valence-electron chi connectivity index (χ1n) is 10.6. The summed E-state index contributed by atoms with van der Waals surface area (Å²) in [5, 5.41) is 9.76. The highest BCUT2D eigenvalue weighted by molar-refractivity contribution is 6.35. The van der Waals surface area contributed by atoms with Gasteiger partial charge >= 0.3 is 0 Å². The lowest BCUT2D eigenvalue weighted by Gasteiger charge is -2.22. The molecule has 5 rings (SSSR count). The Hall–Kier alpha value is -2.97. The van der Waals surface area contributed by atoms with Gasteiger partial charge in [0.15, 0.2) is 0 Å². The van der Waals surface area contributed by atoms with Gasteiger partial charge in [-0.05, 0) is 31.4 Å². The number of aromatic amines is 1. The zero-order chi connectivity index (χ0) is 21.2. The Morgan fingerprint density at radius 2 is 2.16 bits per heavy atom. The molecule has 0 atom stereocenters. The fourth-order valence-corrected chi connectivity index (χ4v) is 4.06. The monoisotopic (exact) mass is 437 g/mol. The molecule has 1 aliphatic heterocycles. The van der Waals surface area contributed by atoms with Gasteiger partial charge in [0, 0.05) is 61.1 Å². The molecule has 160 valence electrons. The molecule has 1 saturated heterocycles. The summed E-state index contributed by atoms with van der Waals surface area (Å²) in [5.74, 6) is 0.617. The minimum atomic E-state index is 0.299. The van der Waals surface area contributed by atoms with Crippen molar-refractivity contribution in [2.24, 2.45) is 0 Å². The summed E-state index contributed by atoms with van der Waals surface area (Å²) in [7, 11) is 0. The lowest BCUT2D eigenvalue weighted by Crippen LogP contribution is -2.19. The fourth-order valence-electron chi connectivity index (χ4n) is 3.86. The van der Waals surface area contributed by atoms with Crippen LogP contribution in [0.25, 0.3) is 33.5 Å². The van der Waals surface area contributed by atoms with E-state index in [0.29, 0.717) is 17.0 Å². The number of hydrogen-bond acceptors (Lipinski definition) is 6. The predicted molar refractivity (Wildman–Crippen MR) is 121 cm³/mol. The number of nitrogens with one attached hydrogen (secondary N) is 2. The second-order valence-electron chi connectivity index (χ2n) is 7.66. The van der Waals surface area contributed by atoms with Crippen molar-refractivity contribution in [2.75, 3.05) is 25.1 Å². The summed E-state index contributed by atoms with van der Waals surface area (Å²) in [4.78, 5) is 16.7. The molecule has 0 saturated carbocycles. The van der Waals surface area contributed by atoms with Crippen molar-refractivity contribution in [2.45, 2.75) is 32.2 Å². The van der Waals surface area contributed by atoms with Crippen LogP contribution in [0.4, 0.5) is 5.95 Å². The molecular weight excluding hydrogens is 414 g/mol. The second kappa shape index (κ2) is 8.64. The summed E-state index contributed by atoms with van der Waals surface area (Å²) >= 11 is 6.35. The molecule has 1 fully saturated rings. The molecule has 0 aromatic carbocycles. The van der Waals surface area contributed by atoms with E-state index in [4.69, 9.17) is 26.4 Å². The Labute approximate surface area is 185 Å². The van der Waals surface area contributed by atoms with Crippen LogP contribution in [-0.2, 0) is 4.74 Å². The molecule has 0 aliphatic carbocycles. The summed E-state index contributed by atoms with van der Waals surface area (Å²) in [6, 6.07) is 4.24. The van der Waals surface area contributed by atoms with Gasteiger partial charge in [0.25, 0.3) is 0 Å². The van der Waals surface area contributed by atoms with Crippen molar-refractivity contribution in [1.82, 2.24) is 29.7 Å². The van der Waals surface area contributed by atoms with E-state index in [0.717, 1.165) is 72.6 Å². The molecule has 0 bridgehead atoms. The van der Waals surface area contributed by atoms with Crippen LogP contribution in [0, 0.1) is 0 Å². The molecular formula is C22H24ClN7O. The number of fused-ring (bicyclic) bond motifs is 1. The number of hydrogen-bond donors (Lipinski definition) is 2. The van der Waals surface area contributed by atoms with Crippen LogP contribution in [0.15, 0.2) is 36.9 Å². The molecule has 0 unspecified atom stereocenters. The van der Waals surface area contributed by atoms with Crippen molar-refractivity contribution >= 4 is 28.6 Å². The van der Waals surface area contributed by atoms with E-state index >= 15 is 0 Å². The van der Waals surface area contributed by atoms with Crippen molar-refractivity contribution in [3.8, 4) is 22.5 Å². The summed E-state index contributed by atoms with van der Waals surface area (Å²) < 4.78 is 7.59. The highest BCUT2D eigenvalue weighted by Crippen LogP contribution is 2.34. The van der Waals surface area contributed by atoms with E-state index in [2.05, 4.69) is 38.1 Å². The Morgan fingerprint density at radius 1 is 1.29 bits per heavy atom. The zero-order valence-electron chi connectivity index (χ0n) is 17.3. The largest absolute Gasteiger partial charge is 0.381 e. The molecule has 4 aromatic heterocycles. The Balaban J connectivity index is 1.61.